The number of benzene rings is 2. The highest BCUT2D eigenvalue weighted by Gasteiger charge is 2.14. The summed E-state index contributed by atoms with van der Waals surface area (Å²) in [5.74, 6) is -0.0339. The number of hydrogen-bond acceptors (Lipinski definition) is 2. The summed E-state index contributed by atoms with van der Waals surface area (Å²) in [6, 6.07) is 15.9. The molecule has 1 amide bonds. The molecule has 0 fully saturated rings. The lowest BCUT2D eigenvalue weighted by Crippen LogP contribution is -2.28. The van der Waals surface area contributed by atoms with Crippen LogP contribution in [0.2, 0.25) is 0 Å². The van der Waals surface area contributed by atoms with Crippen molar-refractivity contribution in [3.63, 3.8) is 0 Å². The van der Waals surface area contributed by atoms with E-state index in [9.17, 15) is 9.90 Å². The fourth-order valence-corrected chi connectivity index (χ4v) is 1.90. The predicted molar refractivity (Wildman–Crippen MR) is 78.1 cm³/mol. The molecule has 0 spiro atoms. The molecule has 0 heterocycles. The Morgan fingerprint density at radius 1 is 1.15 bits per heavy atom. The number of amides is 1. The monoisotopic (exact) mass is 269 g/mol. The second-order valence-electron chi connectivity index (χ2n) is 4.32. The molecule has 0 radical (unpaired) electrons. The van der Waals surface area contributed by atoms with Crippen LogP contribution in [0.25, 0.3) is 0 Å². The topological polar surface area (TPSA) is 90.4 Å². The van der Waals surface area contributed by atoms with Crippen LogP contribution in [0.3, 0.4) is 0 Å². The van der Waals surface area contributed by atoms with E-state index in [1.807, 2.05) is 12.1 Å². The third-order valence-corrected chi connectivity index (χ3v) is 2.88. The maximum atomic E-state index is 11.4. The summed E-state index contributed by atoms with van der Waals surface area (Å²) in [5.41, 5.74) is 7.41. The second kappa shape index (κ2) is 5.88. The molecule has 0 atom stereocenters. The Morgan fingerprint density at radius 2 is 1.85 bits per heavy atom. The molecule has 0 saturated carbocycles. The van der Waals surface area contributed by atoms with Crippen LogP contribution in [0, 0.1) is 5.41 Å². The van der Waals surface area contributed by atoms with Gasteiger partial charge in [-0.2, -0.15) is 0 Å². The van der Waals surface area contributed by atoms with Gasteiger partial charge in [-0.3, -0.25) is 10.3 Å². The Labute approximate surface area is 116 Å². The number of amidine groups is 1. The highest BCUT2D eigenvalue weighted by Crippen LogP contribution is 2.17. The van der Waals surface area contributed by atoms with Crippen LogP contribution in [-0.4, -0.2) is 17.0 Å². The van der Waals surface area contributed by atoms with Crippen LogP contribution >= 0.6 is 0 Å². The summed E-state index contributed by atoms with van der Waals surface area (Å²) in [6.45, 7) is 0.209. The minimum absolute atomic E-state index is 0.0339. The normalized spacial score (nSPS) is 10.0. The number of nitrogen functional groups attached to an aromatic ring is 1. The quantitative estimate of drug-likeness (QED) is 0.588. The third kappa shape index (κ3) is 3.14. The molecule has 102 valence electrons. The van der Waals surface area contributed by atoms with Crippen molar-refractivity contribution in [2.45, 2.75) is 6.54 Å². The molecular formula is C15H15N3O2. The first-order chi connectivity index (χ1) is 9.58. The van der Waals surface area contributed by atoms with Crippen LogP contribution in [0.15, 0.2) is 54.6 Å². The number of hydrogen-bond donors (Lipinski definition) is 3. The lowest BCUT2D eigenvalue weighted by atomic mass is 10.1. The lowest BCUT2D eigenvalue weighted by Gasteiger charge is -2.19. The van der Waals surface area contributed by atoms with Crippen LogP contribution < -0.4 is 10.6 Å². The zero-order valence-corrected chi connectivity index (χ0v) is 10.8. The third-order valence-electron chi connectivity index (χ3n) is 2.88. The van der Waals surface area contributed by atoms with E-state index in [0.717, 1.165) is 5.56 Å². The molecule has 5 heteroatoms. The fourth-order valence-electron chi connectivity index (χ4n) is 1.90. The first-order valence-corrected chi connectivity index (χ1v) is 6.07. The Bertz CT molecular complexity index is 626. The molecule has 20 heavy (non-hydrogen) atoms. The van der Waals surface area contributed by atoms with E-state index in [1.54, 1.807) is 42.5 Å². The fraction of sp³-hybridized carbons (Fsp3) is 0.0667. The minimum atomic E-state index is -1.02. The average molecular weight is 269 g/mol. The molecule has 2 aromatic rings. The van der Waals surface area contributed by atoms with Gasteiger partial charge >= 0.3 is 6.09 Å². The summed E-state index contributed by atoms with van der Waals surface area (Å²) in [5, 5.41) is 16.7. The van der Waals surface area contributed by atoms with Gasteiger partial charge < -0.3 is 10.8 Å². The number of carboxylic acid groups (broad SMARTS) is 1. The standard InChI is InChI=1S/C15H15N3O2/c16-14(17)12-6-4-5-11(9-12)10-18(15(19)20)13-7-2-1-3-8-13/h1-9H,10H2,(H3,16,17)(H,19,20). The molecule has 0 aliphatic carbocycles. The highest BCUT2D eigenvalue weighted by atomic mass is 16.4. The van der Waals surface area contributed by atoms with E-state index < -0.39 is 6.09 Å². The zero-order valence-electron chi connectivity index (χ0n) is 10.8. The molecular weight excluding hydrogens is 254 g/mol. The molecule has 0 unspecified atom stereocenters. The first kappa shape index (κ1) is 13.6. The van der Waals surface area contributed by atoms with Crippen molar-refractivity contribution in [3.8, 4) is 0 Å². The molecule has 2 aromatic carbocycles. The van der Waals surface area contributed by atoms with Gasteiger partial charge in [0, 0.05) is 11.3 Å². The van der Waals surface area contributed by atoms with Gasteiger partial charge in [-0.25, -0.2) is 4.79 Å². The van der Waals surface area contributed by atoms with Gasteiger partial charge in [0.15, 0.2) is 0 Å². The van der Waals surface area contributed by atoms with Crippen molar-refractivity contribution in [1.82, 2.24) is 0 Å². The van der Waals surface area contributed by atoms with Crippen LogP contribution in [0.4, 0.5) is 10.5 Å². The van der Waals surface area contributed by atoms with Gasteiger partial charge in [0.1, 0.15) is 5.84 Å². The van der Waals surface area contributed by atoms with E-state index in [4.69, 9.17) is 11.1 Å². The molecule has 0 aromatic heterocycles. The van der Waals surface area contributed by atoms with Gasteiger partial charge in [0.05, 0.1) is 6.54 Å². The maximum absolute atomic E-state index is 11.4. The van der Waals surface area contributed by atoms with Crippen molar-refractivity contribution in [2.24, 2.45) is 5.73 Å². The molecule has 0 aliphatic rings. The van der Waals surface area contributed by atoms with Gasteiger partial charge in [-0.1, -0.05) is 36.4 Å². The average Bonchev–Trinajstić information content (AvgIpc) is 2.45. The molecule has 0 saturated heterocycles. The Morgan fingerprint density at radius 3 is 2.45 bits per heavy atom. The number of carbonyl (C=O) groups is 1. The number of para-hydroxylation sites is 1. The Hall–Kier alpha value is -2.82. The van der Waals surface area contributed by atoms with E-state index in [0.29, 0.717) is 11.3 Å². The van der Waals surface area contributed by atoms with Crippen LogP contribution in [0.5, 0.6) is 0 Å². The predicted octanol–water partition coefficient (Wildman–Crippen LogP) is 2.66. The number of nitrogens with one attached hydrogen (secondary N) is 1. The largest absolute Gasteiger partial charge is 0.465 e. The molecule has 5 nitrogen and oxygen atoms in total. The lowest BCUT2D eigenvalue weighted by molar-refractivity contribution is 0.201. The summed E-state index contributed by atoms with van der Waals surface area (Å²) in [7, 11) is 0. The summed E-state index contributed by atoms with van der Waals surface area (Å²) >= 11 is 0. The number of nitrogens with zero attached hydrogens (tertiary/aromatic N) is 1. The van der Waals surface area contributed by atoms with E-state index in [-0.39, 0.29) is 12.4 Å². The second-order valence-corrected chi connectivity index (χ2v) is 4.32. The van der Waals surface area contributed by atoms with Crippen LogP contribution in [0.1, 0.15) is 11.1 Å². The Kier molecular flexibility index (Phi) is 4.00. The summed E-state index contributed by atoms with van der Waals surface area (Å²) in [6.07, 6.45) is -1.02. The molecule has 4 N–H and O–H groups in total. The van der Waals surface area contributed by atoms with Crippen molar-refractivity contribution in [2.75, 3.05) is 4.90 Å². The van der Waals surface area contributed by atoms with E-state index >= 15 is 0 Å². The maximum Gasteiger partial charge on any atom is 0.412 e. The SMILES string of the molecule is N=C(N)c1cccc(CN(C(=O)O)c2ccccc2)c1. The van der Waals surface area contributed by atoms with E-state index in [2.05, 4.69) is 0 Å². The van der Waals surface area contributed by atoms with Gasteiger partial charge in [-0.15, -0.1) is 0 Å². The van der Waals surface area contributed by atoms with Gasteiger partial charge in [0.2, 0.25) is 0 Å². The van der Waals surface area contributed by atoms with Crippen molar-refractivity contribution in [3.05, 3.63) is 65.7 Å². The van der Waals surface area contributed by atoms with E-state index in [1.165, 1.54) is 4.90 Å². The van der Waals surface area contributed by atoms with Gasteiger partial charge in [-0.05, 0) is 23.8 Å². The molecule has 0 bridgehead atoms. The zero-order chi connectivity index (χ0) is 14.5. The summed E-state index contributed by atoms with van der Waals surface area (Å²) in [4.78, 5) is 12.6. The number of rotatable bonds is 4. The van der Waals surface area contributed by atoms with Crippen LogP contribution in [-0.2, 0) is 6.54 Å². The van der Waals surface area contributed by atoms with Crippen molar-refractivity contribution >= 4 is 17.6 Å². The minimum Gasteiger partial charge on any atom is -0.465 e. The van der Waals surface area contributed by atoms with Gasteiger partial charge in [0.25, 0.3) is 0 Å². The Balaban J connectivity index is 2.27. The summed E-state index contributed by atoms with van der Waals surface area (Å²) < 4.78 is 0. The highest BCUT2D eigenvalue weighted by molar-refractivity contribution is 5.95. The number of nitrogens with two attached hydrogens (primary N) is 1. The molecule has 2 rings (SSSR count). The first-order valence-electron chi connectivity index (χ1n) is 6.07. The molecule has 0 aliphatic heterocycles. The van der Waals surface area contributed by atoms with Crippen molar-refractivity contribution < 1.29 is 9.90 Å². The smallest absolute Gasteiger partial charge is 0.412 e. The van der Waals surface area contributed by atoms with Crippen molar-refractivity contribution in [1.29, 1.82) is 5.41 Å². The number of anilines is 1.